The topological polar surface area (TPSA) is 40.5 Å². The third-order valence-corrected chi connectivity index (χ3v) is 4.32. The van der Waals surface area contributed by atoms with Crippen molar-refractivity contribution < 1.29 is 9.90 Å². The average molecular weight is 261 g/mol. The molecule has 104 valence electrons. The smallest absolute Gasteiger partial charge is 0.315 e. The van der Waals surface area contributed by atoms with Crippen molar-refractivity contribution in [2.75, 3.05) is 13.1 Å². The molecule has 1 fully saturated rings. The van der Waals surface area contributed by atoms with Crippen LogP contribution >= 0.6 is 0 Å². The third-order valence-electron chi connectivity index (χ3n) is 4.32. The molecule has 1 saturated heterocycles. The Morgan fingerprint density at radius 3 is 2.47 bits per heavy atom. The Bertz CT molecular complexity index is 445. The van der Waals surface area contributed by atoms with Crippen LogP contribution in [0.15, 0.2) is 30.3 Å². The first kappa shape index (κ1) is 14.1. The maximum atomic E-state index is 11.8. The fourth-order valence-corrected chi connectivity index (χ4v) is 3.10. The largest absolute Gasteiger partial charge is 0.481 e. The highest BCUT2D eigenvalue weighted by molar-refractivity contribution is 5.81. The molecular weight excluding hydrogens is 238 g/mol. The van der Waals surface area contributed by atoms with E-state index in [1.54, 1.807) is 0 Å². The highest BCUT2D eigenvalue weighted by Crippen LogP contribution is 2.30. The Hall–Kier alpha value is -1.35. The minimum Gasteiger partial charge on any atom is -0.481 e. The molecule has 1 heterocycles. The van der Waals surface area contributed by atoms with Crippen LogP contribution in [0.5, 0.6) is 0 Å². The Labute approximate surface area is 115 Å². The van der Waals surface area contributed by atoms with Crippen LogP contribution in [0.25, 0.3) is 0 Å². The van der Waals surface area contributed by atoms with Gasteiger partial charge in [0.2, 0.25) is 0 Å². The van der Waals surface area contributed by atoms with Crippen molar-refractivity contribution in [3.63, 3.8) is 0 Å². The molecule has 0 bridgehead atoms. The number of nitrogens with zero attached hydrogens (tertiary/aromatic N) is 1. The number of likely N-dealkylation sites (tertiary alicyclic amines) is 1. The second-order valence-corrected chi connectivity index (χ2v) is 6.12. The maximum absolute atomic E-state index is 11.8. The molecule has 1 N–H and O–H groups in total. The Kier molecular flexibility index (Phi) is 3.95. The number of carboxylic acid groups (broad SMARTS) is 1. The van der Waals surface area contributed by atoms with Gasteiger partial charge in [-0.2, -0.15) is 0 Å². The lowest BCUT2D eigenvalue weighted by atomic mass is 9.82. The van der Waals surface area contributed by atoms with Crippen LogP contribution in [0, 0.1) is 5.92 Å². The molecule has 0 radical (unpaired) electrons. The van der Waals surface area contributed by atoms with Crippen molar-refractivity contribution in [2.45, 2.75) is 38.6 Å². The lowest BCUT2D eigenvalue weighted by Gasteiger charge is -2.32. The van der Waals surface area contributed by atoms with Gasteiger partial charge < -0.3 is 5.11 Å². The van der Waals surface area contributed by atoms with Crippen molar-refractivity contribution in [1.82, 2.24) is 4.90 Å². The normalized spacial score (nSPS) is 27.1. The van der Waals surface area contributed by atoms with E-state index in [2.05, 4.69) is 18.7 Å². The number of carboxylic acids is 1. The second kappa shape index (κ2) is 5.33. The molecule has 3 atom stereocenters. The number of rotatable bonds is 4. The molecule has 3 nitrogen and oxygen atoms in total. The Morgan fingerprint density at radius 1 is 1.37 bits per heavy atom. The van der Waals surface area contributed by atoms with Crippen LogP contribution in [0.1, 0.15) is 32.8 Å². The molecule has 19 heavy (non-hydrogen) atoms. The fourth-order valence-electron chi connectivity index (χ4n) is 3.10. The molecule has 0 aromatic heterocycles. The van der Waals surface area contributed by atoms with Crippen LogP contribution in [0.4, 0.5) is 0 Å². The van der Waals surface area contributed by atoms with Gasteiger partial charge in [0.25, 0.3) is 0 Å². The van der Waals surface area contributed by atoms with Gasteiger partial charge in [-0.25, -0.2) is 0 Å². The summed E-state index contributed by atoms with van der Waals surface area (Å²) in [5, 5.41) is 9.67. The molecule has 1 aromatic carbocycles. The van der Waals surface area contributed by atoms with E-state index in [4.69, 9.17) is 0 Å². The summed E-state index contributed by atoms with van der Waals surface area (Å²) in [4.78, 5) is 14.1. The molecule has 0 saturated carbocycles. The van der Waals surface area contributed by atoms with Crippen LogP contribution in [0.2, 0.25) is 0 Å². The summed E-state index contributed by atoms with van der Waals surface area (Å²) in [6.45, 7) is 7.84. The predicted molar refractivity (Wildman–Crippen MR) is 76.2 cm³/mol. The van der Waals surface area contributed by atoms with Gasteiger partial charge in [-0.1, -0.05) is 37.3 Å². The first-order valence-corrected chi connectivity index (χ1v) is 6.96. The van der Waals surface area contributed by atoms with Gasteiger partial charge in [0.05, 0.1) is 0 Å². The first-order chi connectivity index (χ1) is 8.93. The summed E-state index contributed by atoms with van der Waals surface area (Å²) in [5.74, 6) is -0.0886. The quantitative estimate of drug-likeness (QED) is 0.906. The van der Waals surface area contributed by atoms with Gasteiger partial charge in [-0.05, 0) is 31.7 Å². The van der Waals surface area contributed by atoms with Crippen molar-refractivity contribution in [2.24, 2.45) is 5.92 Å². The van der Waals surface area contributed by atoms with Crippen molar-refractivity contribution >= 4 is 5.97 Å². The summed E-state index contributed by atoms with van der Waals surface area (Å²) < 4.78 is 0. The Balaban J connectivity index is 2.24. The van der Waals surface area contributed by atoms with Crippen molar-refractivity contribution in [3.05, 3.63) is 35.9 Å². The summed E-state index contributed by atoms with van der Waals surface area (Å²) in [6, 6.07) is 10.0. The van der Waals surface area contributed by atoms with E-state index in [0.717, 1.165) is 18.5 Å². The lowest BCUT2D eigenvalue weighted by Crippen LogP contribution is -2.45. The minimum absolute atomic E-state index is 0.470. The van der Waals surface area contributed by atoms with E-state index in [0.29, 0.717) is 18.5 Å². The zero-order valence-electron chi connectivity index (χ0n) is 12.0. The zero-order valence-corrected chi connectivity index (χ0v) is 12.0. The SMILES string of the molecule is CC1CC(C)N(CC(C)(C(=O)O)c2ccccc2)C1. The molecule has 1 aliphatic heterocycles. The zero-order chi connectivity index (χ0) is 14.0. The standard InChI is InChI=1S/C16H23NO2/c1-12-9-13(2)17(10-12)11-16(3,15(18)19)14-7-5-4-6-8-14/h4-8,12-13H,9-11H2,1-3H3,(H,18,19). The molecule has 0 aliphatic carbocycles. The lowest BCUT2D eigenvalue weighted by molar-refractivity contribution is -0.144. The van der Waals surface area contributed by atoms with Gasteiger partial charge in [0.15, 0.2) is 0 Å². The van der Waals surface area contributed by atoms with Crippen LogP contribution < -0.4 is 0 Å². The highest BCUT2D eigenvalue weighted by atomic mass is 16.4. The van der Waals surface area contributed by atoms with E-state index in [1.807, 2.05) is 37.3 Å². The summed E-state index contributed by atoms with van der Waals surface area (Å²) in [5.41, 5.74) is 0.0498. The third kappa shape index (κ3) is 2.81. The van der Waals surface area contributed by atoms with Gasteiger partial charge in [0.1, 0.15) is 5.41 Å². The molecular formula is C16H23NO2. The molecule has 0 amide bonds. The van der Waals surface area contributed by atoms with E-state index in [1.165, 1.54) is 0 Å². The minimum atomic E-state index is -0.834. The van der Waals surface area contributed by atoms with Crippen molar-refractivity contribution in [3.8, 4) is 0 Å². The Morgan fingerprint density at radius 2 is 2.00 bits per heavy atom. The fraction of sp³-hybridized carbons (Fsp3) is 0.562. The van der Waals surface area contributed by atoms with Gasteiger partial charge in [0, 0.05) is 19.1 Å². The molecule has 1 aliphatic rings. The molecule has 2 rings (SSSR count). The van der Waals surface area contributed by atoms with E-state index in [-0.39, 0.29) is 0 Å². The number of benzene rings is 1. The number of aliphatic carboxylic acids is 1. The number of hydrogen-bond donors (Lipinski definition) is 1. The molecule has 3 heteroatoms. The summed E-state index contributed by atoms with van der Waals surface area (Å²) in [7, 11) is 0. The van der Waals surface area contributed by atoms with Gasteiger partial charge in [-0.3, -0.25) is 9.69 Å². The van der Waals surface area contributed by atoms with Crippen LogP contribution in [0.3, 0.4) is 0 Å². The van der Waals surface area contributed by atoms with Crippen LogP contribution in [-0.4, -0.2) is 35.1 Å². The van der Waals surface area contributed by atoms with Gasteiger partial charge in [-0.15, -0.1) is 0 Å². The molecule has 1 aromatic rings. The van der Waals surface area contributed by atoms with E-state index >= 15 is 0 Å². The monoisotopic (exact) mass is 261 g/mol. The summed E-state index contributed by atoms with van der Waals surface area (Å²) >= 11 is 0. The van der Waals surface area contributed by atoms with Gasteiger partial charge >= 0.3 is 5.97 Å². The van der Waals surface area contributed by atoms with E-state index < -0.39 is 11.4 Å². The number of carbonyl (C=O) groups is 1. The second-order valence-electron chi connectivity index (χ2n) is 6.12. The summed E-state index contributed by atoms with van der Waals surface area (Å²) in [6.07, 6.45) is 1.16. The molecule has 0 spiro atoms. The van der Waals surface area contributed by atoms with E-state index in [9.17, 15) is 9.90 Å². The predicted octanol–water partition coefficient (Wildman–Crippen LogP) is 2.76. The molecule has 3 unspecified atom stereocenters. The maximum Gasteiger partial charge on any atom is 0.315 e. The first-order valence-electron chi connectivity index (χ1n) is 6.96. The van der Waals surface area contributed by atoms with Crippen molar-refractivity contribution in [1.29, 1.82) is 0 Å². The highest BCUT2D eigenvalue weighted by Gasteiger charge is 2.40. The number of hydrogen-bond acceptors (Lipinski definition) is 2. The average Bonchev–Trinajstić information content (AvgIpc) is 2.68. The van der Waals surface area contributed by atoms with Crippen LogP contribution in [-0.2, 0) is 10.2 Å².